The Hall–Kier alpha value is -17.8. The van der Waals surface area contributed by atoms with E-state index in [4.69, 9.17) is 28.8 Å². The monoisotopic (exact) mass is 1810 g/mol. The maximum Gasteiger partial charge on any atom is 0.135 e. The Kier molecular flexibility index (Phi) is 17.7. The number of para-hydroxylation sites is 2. The van der Waals surface area contributed by atoms with Crippen molar-refractivity contribution in [1.29, 1.82) is 0 Å². The van der Waals surface area contributed by atoms with Crippen molar-refractivity contribution >= 4 is 109 Å². The van der Waals surface area contributed by atoms with Gasteiger partial charge in [0, 0.05) is 54.2 Å². The molecule has 142 heavy (non-hydrogen) atoms. The van der Waals surface area contributed by atoms with E-state index in [1.54, 1.807) is 0 Å². The van der Waals surface area contributed by atoms with Gasteiger partial charge >= 0.3 is 0 Å². The highest BCUT2D eigenvalue weighted by Crippen LogP contribution is 2.66. The van der Waals surface area contributed by atoms with Crippen LogP contribution in [-0.4, -0.2) is 19.9 Å². The standard InChI is InChI=1S/C84H48N2O.C52H40N2O/c1-8-25-70-56(18-1)57-19-2-9-26-71(57)83(70)74-29-12-5-22-60(74)62-37-32-53(46-76(62)83)50-34-39-65-67(43-50)68-44-51(54-33-38-63-61-23-6-13-30-75(61)84(77(63)47-54)72-27-10-3-20-58(72)59-21-4-11-28-73(59)84)35-40-66(68)82-81(65)85-48-78(86-82)55-17-15-16-49(42-55)52-36-41-80-69(45-52)64-24-7-14-31-79(64)87-80;1-29-20-31(3)49(32(4)21-29)38-14-17-41-43(26-38)44-27-39(50-33(5)22-30(2)23-34(50)6)15-18-42(44)52-51(41)53-28-46(54-52)37-11-9-10-35(24-37)36-16-19-48-45(25-36)40-12-7-8-13-47(40)55-48/h1-48H;7-28H,1-6H3. The first-order chi connectivity index (χ1) is 69.8. The van der Waals surface area contributed by atoms with E-state index in [0.29, 0.717) is 0 Å². The highest BCUT2D eigenvalue weighted by Gasteiger charge is 2.53. The molecule has 0 N–H and O–H groups in total. The Morgan fingerprint density at radius 2 is 0.437 bits per heavy atom. The lowest BCUT2D eigenvalue weighted by Crippen LogP contribution is -2.25. The van der Waals surface area contributed by atoms with Crippen LogP contribution >= 0.6 is 0 Å². The van der Waals surface area contributed by atoms with E-state index < -0.39 is 10.8 Å². The van der Waals surface area contributed by atoms with Gasteiger partial charge in [-0.25, -0.2) is 9.97 Å². The van der Waals surface area contributed by atoms with Gasteiger partial charge in [-0.1, -0.05) is 339 Å². The number of benzene rings is 22. The molecule has 2 spiro atoms. The lowest BCUT2D eigenvalue weighted by molar-refractivity contribution is 0.668. The number of aryl methyl sites for hydroxylation is 6. The van der Waals surface area contributed by atoms with Gasteiger partial charge in [0.25, 0.3) is 0 Å². The van der Waals surface area contributed by atoms with Gasteiger partial charge in [0.1, 0.15) is 22.3 Å². The molecule has 26 aromatic rings. The predicted octanol–water partition coefficient (Wildman–Crippen LogP) is 35.5. The van der Waals surface area contributed by atoms with Crippen LogP contribution < -0.4 is 0 Å². The first-order valence-electron chi connectivity index (χ1n) is 49.2. The van der Waals surface area contributed by atoms with Crippen LogP contribution in [0.15, 0.2) is 434 Å². The lowest BCUT2D eigenvalue weighted by atomic mass is 9.70. The molecule has 0 radical (unpaired) electrons. The summed E-state index contributed by atoms with van der Waals surface area (Å²) < 4.78 is 12.3. The van der Waals surface area contributed by atoms with Crippen LogP contribution in [0.4, 0.5) is 0 Å². The van der Waals surface area contributed by atoms with Gasteiger partial charge < -0.3 is 8.83 Å². The fraction of sp³-hybridized carbons (Fsp3) is 0.0588. The smallest absolute Gasteiger partial charge is 0.135 e. The average molecular weight is 1810 g/mol. The molecule has 0 bridgehead atoms. The number of hydrogen-bond acceptors (Lipinski definition) is 6. The minimum atomic E-state index is -0.452. The summed E-state index contributed by atoms with van der Waals surface area (Å²) in [7, 11) is 0. The predicted molar refractivity (Wildman–Crippen MR) is 588 cm³/mol. The molecule has 664 valence electrons. The third-order valence-electron chi connectivity index (χ3n) is 31.6. The topological polar surface area (TPSA) is 77.8 Å². The largest absolute Gasteiger partial charge is 0.456 e. The summed E-state index contributed by atoms with van der Waals surface area (Å²) in [5, 5.41) is 13.5. The van der Waals surface area contributed by atoms with E-state index >= 15 is 0 Å². The zero-order valence-corrected chi connectivity index (χ0v) is 79.0. The third kappa shape index (κ3) is 11.9. The maximum absolute atomic E-state index is 6.22. The van der Waals surface area contributed by atoms with Crippen LogP contribution in [0.3, 0.4) is 0 Å². The second-order valence-corrected chi connectivity index (χ2v) is 39.6. The molecule has 0 saturated carbocycles. The Bertz CT molecular complexity index is 9880. The summed E-state index contributed by atoms with van der Waals surface area (Å²) in [5.74, 6) is 0. The van der Waals surface area contributed by atoms with E-state index in [1.165, 1.54) is 167 Å². The summed E-state index contributed by atoms with van der Waals surface area (Å²) in [4.78, 5) is 21.7. The van der Waals surface area contributed by atoms with Gasteiger partial charge in [0.15, 0.2) is 0 Å². The molecular weight excluding hydrogens is 1720 g/mol. The first kappa shape index (κ1) is 81.3. The van der Waals surface area contributed by atoms with Crippen LogP contribution in [0, 0.1) is 41.5 Å². The molecule has 22 aromatic carbocycles. The molecule has 4 aromatic heterocycles. The van der Waals surface area contributed by atoms with Crippen molar-refractivity contribution in [3.8, 4) is 134 Å². The molecule has 4 aliphatic rings. The Morgan fingerprint density at radius 1 is 0.176 bits per heavy atom. The third-order valence-corrected chi connectivity index (χ3v) is 31.6. The molecule has 0 atom stereocenters. The van der Waals surface area contributed by atoms with Gasteiger partial charge in [-0.05, 0) is 326 Å². The number of furan rings is 2. The zero-order chi connectivity index (χ0) is 94.2. The second-order valence-electron chi connectivity index (χ2n) is 39.6. The Balaban J connectivity index is 0.000000151. The SMILES string of the molecule is Cc1cc(C)c(-c2ccc3c(c2)c2cc(-c4c(C)cc(C)cc4C)ccc2c2nc(-c4cccc(-c5ccc6oc7ccccc7c6c5)c4)cnc32)c(C)c1.c1cc(-c2ccc3oc4ccccc4c3c2)cc(-c2cnc3c4ccc(-c5ccc6c(c5)C5(c7ccccc7-c7ccccc75)c5ccccc5-6)cc4c4cc(-c5ccc6c(c5)C5(c7ccccc7-c7ccccc75)c5ccccc5-6)ccc4c3n2)c1. The highest BCUT2D eigenvalue weighted by atomic mass is 16.3. The number of hydrogen-bond donors (Lipinski definition) is 0. The van der Waals surface area contributed by atoms with Gasteiger partial charge in [0.05, 0.1) is 56.7 Å². The van der Waals surface area contributed by atoms with Crippen molar-refractivity contribution in [2.24, 2.45) is 0 Å². The lowest BCUT2D eigenvalue weighted by Gasteiger charge is -2.30. The molecule has 0 saturated heterocycles. The highest BCUT2D eigenvalue weighted by molar-refractivity contribution is 6.26. The molecule has 0 unspecified atom stereocenters. The molecule has 0 aliphatic heterocycles. The summed E-state index contributed by atoms with van der Waals surface area (Å²) in [6.45, 7) is 13.2. The summed E-state index contributed by atoms with van der Waals surface area (Å²) >= 11 is 0. The van der Waals surface area contributed by atoms with Crippen molar-refractivity contribution in [2.75, 3.05) is 0 Å². The maximum atomic E-state index is 6.22. The molecule has 0 fully saturated rings. The van der Waals surface area contributed by atoms with Crippen LogP contribution in [0.5, 0.6) is 0 Å². The van der Waals surface area contributed by atoms with E-state index in [-0.39, 0.29) is 0 Å². The van der Waals surface area contributed by atoms with Crippen molar-refractivity contribution in [2.45, 2.75) is 52.4 Å². The summed E-state index contributed by atoms with van der Waals surface area (Å²) in [5.41, 5.74) is 52.9. The van der Waals surface area contributed by atoms with Crippen LogP contribution in [0.25, 0.3) is 243 Å². The second kappa shape index (κ2) is 30.8. The Labute approximate surface area is 820 Å². The van der Waals surface area contributed by atoms with E-state index in [9.17, 15) is 0 Å². The van der Waals surface area contributed by atoms with Gasteiger partial charge in [-0.3, -0.25) is 9.97 Å². The fourth-order valence-corrected chi connectivity index (χ4v) is 25.7. The van der Waals surface area contributed by atoms with Gasteiger partial charge in [-0.15, -0.1) is 0 Å². The van der Waals surface area contributed by atoms with Crippen LogP contribution in [-0.2, 0) is 10.8 Å². The number of nitrogens with zero attached hydrogens (tertiary/aromatic N) is 4. The fourth-order valence-electron chi connectivity index (χ4n) is 25.7. The van der Waals surface area contributed by atoms with Crippen molar-refractivity contribution in [3.63, 3.8) is 0 Å². The van der Waals surface area contributed by atoms with Crippen LogP contribution in [0.1, 0.15) is 77.9 Å². The molecule has 4 heterocycles. The average Bonchev–Trinajstić information content (AvgIpc) is 1.51. The molecule has 0 amide bonds. The molecular formula is C136H88N4O2. The minimum Gasteiger partial charge on any atom is -0.456 e. The number of aromatic nitrogens is 4. The minimum absolute atomic E-state index is 0.447. The normalized spacial score (nSPS) is 13.1. The van der Waals surface area contributed by atoms with E-state index in [1.807, 2.05) is 36.7 Å². The zero-order valence-electron chi connectivity index (χ0n) is 79.0. The van der Waals surface area contributed by atoms with Gasteiger partial charge in [0.2, 0.25) is 0 Å². The molecule has 6 nitrogen and oxygen atoms in total. The molecule has 4 aliphatic carbocycles. The van der Waals surface area contributed by atoms with Gasteiger partial charge in [-0.2, -0.15) is 0 Å². The van der Waals surface area contributed by atoms with Crippen molar-refractivity contribution in [1.82, 2.24) is 19.9 Å². The molecule has 30 rings (SSSR count). The number of fused-ring (bicyclic) bond motifs is 38. The van der Waals surface area contributed by atoms with Crippen molar-refractivity contribution in [3.05, 3.63) is 503 Å². The van der Waals surface area contributed by atoms with Crippen LogP contribution in [0.2, 0.25) is 0 Å². The molecule has 6 heteroatoms. The van der Waals surface area contributed by atoms with Crippen molar-refractivity contribution < 1.29 is 8.83 Å². The first-order valence-corrected chi connectivity index (χ1v) is 49.2. The Morgan fingerprint density at radius 3 is 0.796 bits per heavy atom. The van der Waals surface area contributed by atoms with E-state index in [0.717, 1.165) is 154 Å². The summed E-state index contributed by atoms with van der Waals surface area (Å²) in [6, 6.07) is 153. The quantitative estimate of drug-likeness (QED) is 0.141. The summed E-state index contributed by atoms with van der Waals surface area (Å²) in [6.07, 6.45) is 3.91. The number of rotatable bonds is 8. The van der Waals surface area contributed by atoms with E-state index in [2.05, 4.69) is 430 Å².